The molecule has 0 aliphatic heterocycles. The van der Waals surface area contributed by atoms with Gasteiger partial charge in [0.05, 0.1) is 11.9 Å². The van der Waals surface area contributed by atoms with Crippen molar-refractivity contribution in [3.8, 4) is 11.3 Å². The average Bonchev–Trinajstić information content (AvgIpc) is 3.32. The van der Waals surface area contributed by atoms with E-state index in [0.29, 0.717) is 17.0 Å². The van der Waals surface area contributed by atoms with Crippen LogP contribution < -0.4 is 5.32 Å². The van der Waals surface area contributed by atoms with E-state index in [1.54, 1.807) is 19.1 Å². The molecule has 150 valence electrons. The number of rotatable bonds is 5. The number of aromatic nitrogens is 4. The molecule has 3 aromatic heterocycles. The lowest BCUT2D eigenvalue weighted by atomic mass is 10.1. The highest BCUT2D eigenvalue weighted by Crippen LogP contribution is 2.27. The summed E-state index contributed by atoms with van der Waals surface area (Å²) in [5.74, 6) is -1.58. The number of nitrogens with one attached hydrogen (secondary N) is 1. The molecular formula is C18H13F4N5O2. The molecule has 1 unspecified atom stereocenters. The van der Waals surface area contributed by atoms with Crippen molar-refractivity contribution >= 4 is 22.7 Å². The van der Waals surface area contributed by atoms with Gasteiger partial charge in [0.25, 0.3) is 12.3 Å². The Morgan fingerprint density at radius 2 is 2.10 bits per heavy atom. The van der Waals surface area contributed by atoms with Crippen molar-refractivity contribution in [2.24, 2.45) is 0 Å². The molecule has 7 nitrogen and oxygen atoms in total. The van der Waals surface area contributed by atoms with Crippen molar-refractivity contribution in [1.29, 1.82) is 0 Å². The number of nitrogens with zero attached hydrogens (tertiary/aromatic N) is 4. The highest BCUT2D eigenvalue weighted by atomic mass is 19.3. The molecule has 1 N–H and O–H groups in total. The predicted octanol–water partition coefficient (Wildman–Crippen LogP) is 3.32. The maximum absolute atomic E-state index is 14.2. The Morgan fingerprint density at radius 1 is 1.31 bits per heavy atom. The Labute approximate surface area is 160 Å². The summed E-state index contributed by atoms with van der Waals surface area (Å²) in [6, 6.07) is 2.45. The Hall–Kier alpha value is -3.50. The summed E-state index contributed by atoms with van der Waals surface area (Å²) in [7, 11) is 0. The van der Waals surface area contributed by atoms with Gasteiger partial charge in [0, 0.05) is 11.3 Å². The first-order valence-corrected chi connectivity index (χ1v) is 8.42. The Kier molecular flexibility index (Phi) is 4.65. The lowest BCUT2D eigenvalue weighted by Gasteiger charge is -2.13. The number of carbonyl (C=O) groups is 1. The number of benzene rings is 1. The van der Waals surface area contributed by atoms with Gasteiger partial charge in [0.1, 0.15) is 23.8 Å². The predicted molar refractivity (Wildman–Crippen MR) is 93.9 cm³/mol. The quantitative estimate of drug-likeness (QED) is 0.513. The van der Waals surface area contributed by atoms with E-state index in [0.717, 1.165) is 12.6 Å². The maximum Gasteiger partial charge on any atom is 0.261 e. The second-order valence-electron chi connectivity index (χ2n) is 6.30. The fourth-order valence-corrected chi connectivity index (χ4v) is 2.91. The third-order valence-corrected chi connectivity index (χ3v) is 4.36. The monoisotopic (exact) mass is 407 g/mol. The van der Waals surface area contributed by atoms with Crippen LogP contribution in [0.25, 0.3) is 28.0 Å². The van der Waals surface area contributed by atoms with Gasteiger partial charge in [-0.05, 0) is 25.1 Å². The fourth-order valence-electron chi connectivity index (χ4n) is 2.91. The molecule has 1 atom stereocenters. The van der Waals surface area contributed by atoms with Crippen LogP contribution in [0.4, 0.5) is 17.6 Å². The van der Waals surface area contributed by atoms with Gasteiger partial charge in [0.15, 0.2) is 23.4 Å². The molecule has 1 amide bonds. The molecule has 0 aliphatic carbocycles. The van der Waals surface area contributed by atoms with Crippen LogP contribution in [-0.2, 0) is 0 Å². The van der Waals surface area contributed by atoms with Gasteiger partial charge in [-0.2, -0.15) is 5.10 Å². The lowest BCUT2D eigenvalue weighted by Crippen LogP contribution is -2.41. The molecule has 0 bridgehead atoms. The van der Waals surface area contributed by atoms with E-state index < -0.39 is 30.9 Å². The van der Waals surface area contributed by atoms with Crippen molar-refractivity contribution in [3.63, 3.8) is 0 Å². The standard InChI is InChI=1S/C18H13F4N5O2/c1-8-2-12(9-3-11(20)15-13(4-9)23-7-29-15)25-17-10(6-24-27(8)17)18(28)26-14(5-19)16(21)22/h2-4,6-7,14,16H,5H2,1H3,(H,26,28). The number of fused-ring (bicyclic) bond motifs is 2. The molecule has 0 spiro atoms. The van der Waals surface area contributed by atoms with Crippen LogP contribution in [0.1, 0.15) is 16.1 Å². The van der Waals surface area contributed by atoms with Gasteiger partial charge < -0.3 is 9.73 Å². The van der Waals surface area contributed by atoms with Gasteiger partial charge in [-0.15, -0.1) is 0 Å². The highest BCUT2D eigenvalue weighted by Gasteiger charge is 2.25. The van der Waals surface area contributed by atoms with Crippen LogP contribution >= 0.6 is 0 Å². The summed E-state index contributed by atoms with van der Waals surface area (Å²) in [6.45, 7) is 0.263. The van der Waals surface area contributed by atoms with E-state index >= 15 is 0 Å². The number of oxazole rings is 1. The summed E-state index contributed by atoms with van der Waals surface area (Å²) in [5.41, 5.74) is 1.47. The highest BCUT2D eigenvalue weighted by molar-refractivity contribution is 6.00. The van der Waals surface area contributed by atoms with Gasteiger partial charge >= 0.3 is 0 Å². The Morgan fingerprint density at radius 3 is 2.83 bits per heavy atom. The van der Waals surface area contributed by atoms with Crippen LogP contribution in [0.2, 0.25) is 0 Å². The number of amides is 1. The summed E-state index contributed by atoms with van der Waals surface area (Å²) < 4.78 is 58.8. The SMILES string of the molecule is Cc1cc(-c2cc(F)c3ocnc3c2)nc2c(C(=O)NC(CF)C(F)F)cnn12. The second-order valence-corrected chi connectivity index (χ2v) is 6.30. The van der Waals surface area contributed by atoms with E-state index in [9.17, 15) is 22.4 Å². The molecule has 0 fully saturated rings. The van der Waals surface area contributed by atoms with Crippen molar-refractivity contribution in [2.45, 2.75) is 19.4 Å². The summed E-state index contributed by atoms with van der Waals surface area (Å²) in [6.07, 6.45) is -0.798. The van der Waals surface area contributed by atoms with Crippen LogP contribution in [-0.4, -0.2) is 44.6 Å². The Balaban J connectivity index is 1.79. The van der Waals surface area contributed by atoms with Gasteiger partial charge in [-0.3, -0.25) is 4.79 Å². The first-order chi connectivity index (χ1) is 13.9. The second kappa shape index (κ2) is 7.15. The Bertz CT molecular complexity index is 1220. The molecule has 0 saturated carbocycles. The minimum Gasteiger partial charge on any atom is -0.440 e. The van der Waals surface area contributed by atoms with Crippen LogP contribution in [0.5, 0.6) is 0 Å². The average molecular weight is 407 g/mol. The van der Waals surface area contributed by atoms with E-state index in [2.05, 4.69) is 15.1 Å². The largest absolute Gasteiger partial charge is 0.440 e. The number of hydrogen-bond acceptors (Lipinski definition) is 5. The zero-order valence-corrected chi connectivity index (χ0v) is 14.9. The molecule has 0 radical (unpaired) electrons. The number of hydrogen-bond donors (Lipinski definition) is 1. The van der Waals surface area contributed by atoms with Crippen molar-refractivity contribution < 1.29 is 26.8 Å². The van der Waals surface area contributed by atoms with E-state index in [-0.39, 0.29) is 22.3 Å². The molecule has 3 heterocycles. The number of aryl methyl sites for hydroxylation is 1. The van der Waals surface area contributed by atoms with Crippen molar-refractivity contribution in [2.75, 3.05) is 6.67 Å². The molecule has 29 heavy (non-hydrogen) atoms. The normalized spacial score (nSPS) is 12.8. The van der Waals surface area contributed by atoms with E-state index in [1.165, 1.54) is 10.6 Å². The lowest BCUT2D eigenvalue weighted by molar-refractivity contribution is 0.0682. The topological polar surface area (TPSA) is 85.3 Å². The first-order valence-electron chi connectivity index (χ1n) is 8.42. The maximum atomic E-state index is 14.2. The molecule has 0 saturated heterocycles. The summed E-state index contributed by atoms with van der Waals surface area (Å²) >= 11 is 0. The third-order valence-electron chi connectivity index (χ3n) is 4.36. The number of alkyl halides is 3. The molecule has 4 rings (SSSR count). The van der Waals surface area contributed by atoms with E-state index in [1.807, 2.05) is 5.32 Å². The van der Waals surface area contributed by atoms with Gasteiger partial charge in [-0.1, -0.05) is 0 Å². The molecule has 0 aliphatic rings. The van der Waals surface area contributed by atoms with Crippen LogP contribution in [0.3, 0.4) is 0 Å². The van der Waals surface area contributed by atoms with E-state index in [4.69, 9.17) is 4.42 Å². The van der Waals surface area contributed by atoms with Crippen LogP contribution in [0, 0.1) is 12.7 Å². The zero-order valence-electron chi connectivity index (χ0n) is 14.9. The van der Waals surface area contributed by atoms with Gasteiger partial charge in [-0.25, -0.2) is 32.0 Å². The zero-order chi connectivity index (χ0) is 20.7. The first kappa shape index (κ1) is 18.8. The minimum absolute atomic E-state index is 0.000216. The molecule has 1 aromatic carbocycles. The molecule has 4 aromatic rings. The molecule has 11 heteroatoms. The minimum atomic E-state index is -3.06. The number of halogens is 4. The number of carbonyl (C=O) groups excluding carboxylic acids is 1. The molecular weight excluding hydrogens is 394 g/mol. The van der Waals surface area contributed by atoms with Crippen molar-refractivity contribution in [3.05, 3.63) is 47.9 Å². The summed E-state index contributed by atoms with van der Waals surface area (Å²) in [4.78, 5) is 20.6. The fraction of sp³-hybridized carbons (Fsp3) is 0.222. The third kappa shape index (κ3) is 3.28. The summed E-state index contributed by atoms with van der Waals surface area (Å²) in [5, 5.41) is 5.95. The van der Waals surface area contributed by atoms with Gasteiger partial charge in [0.2, 0.25) is 0 Å². The van der Waals surface area contributed by atoms with Crippen LogP contribution in [0.15, 0.2) is 35.2 Å². The smallest absolute Gasteiger partial charge is 0.261 e. The van der Waals surface area contributed by atoms with Crippen molar-refractivity contribution in [1.82, 2.24) is 24.9 Å².